The highest BCUT2D eigenvalue weighted by Crippen LogP contribution is 2.51. The van der Waals surface area contributed by atoms with Crippen molar-refractivity contribution in [1.29, 1.82) is 0 Å². The molecule has 740 valence electrons. The zero-order valence-corrected chi connectivity index (χ0v) is 85.0. The van der Waals surface area contributed by atoms with Gasteiger partial charge < -0.3 is 91.3 Å². The first-order valence-electron chi connectivity index (χ1n) is 48.8. The first-order valence-corrected chi connectivity index (χ1v) is 50.7. The van der Waals surface area contributed by atoms with E-state index in [1.54, 1.807) is 31.0 Å². The molecule has 4 unspecified atom stereocenters. The Morgan fingerprint density at radius 2 is 0.617 bits per heavy atom. The number of anilines is 10. The van der Waals surface area contributed by atoms with Crippen LogP contribution in [0.5, 0.6) is 0 Å². The van der Waals surface area contributed by atoms with Crippen molar-refractivity contribution in [1.82, 2.24) is 71.8 Å². The van der Waals surface area contributed by atoms with Gasteiger partial charge in [0, 0.05) is 249 Å². The van der Waals surface area contributed by atoms with E-state index in [1.807, 2.05) is 92.3 Å². The van der Waals surface area contributed by atoms with E-state index >= 15 is 0 Å². The third-order valence-corrected chi connectivity index (χ3v) is 33.7. The maximum Gasteiger partial charge on any atom is 0.146 e. The summed E-state index contributed by atoms with van der Waals surface area (Å²) in [7, 11) is 0. The normalized spacial score (nSPS) is 20.1. The first kappa shape index (κ1) is 98.2. The summed E-state index contributed by atoms with van der Waals surface area (Å²) < 4.78 is 22.2. The fraction of sp³-hybridized carbons (Fsp3) is 0.423. The van der Waals surface area contributed by atoms with Gasteiger partial charge >= 0.3 is 0 Å². The summed E-state index contributed by atoms with van der Waals surface area (Å²) in [5.41, 5.74) is 81.2. The van der Waals surface area contributed by atoms with Crippen LogP contribution in [0.1, 0.15) is 132 Å². The highest BCUT2D eigenvalue weighted by Gasteiger charge is 2.49. The van der Waals surface area contributed by atoms with Crippen LogP contribution in [0.25, 0.3) is 83.9 Å². The van der Waals surface area contributed by atoms with Crippen LogP contribution in [0.4, 0.5) is 58.2 Å². The molecule has 7 aliphatic heterocycles. The van der Waals surface area contributed by atoms with Gasteiger partial charge in [-0.25, -0.2) is 49.8 Å². The number of fused-ring (bicyclic) bond motifs is 5. The number of pyridine rings is 10. The van der Waals surface area contributed by atoms with Gasteiger partial charge in [-0.15, -0.1) is 0 Å². The number of hydrogen-bond donors (Lipinski definition) is 10. The highest BCUT2D eigenvalue weighted by atomic mass is 35.5. The van der Waals surface area contributed by atoms with E-state index in [2.05, 4.69) is 182 Å². The number of nitrogen functional groups attached to an aromatic ring is 5. The molecule has 32 nitrogen and oxygen atoms in total. The monoisotopic (exact) mass is 2000 g/mol. The van der Waals surface area contributed by atoms with Gasteiger partial charge in [-0.1, -0.05) is 71.3 Å². The molecule has 141 heavy (non-hydrogen) atoms. The quantitative estimate of drug-likeness (QED) is 0.0575. The molecule has 1 saturated carbocycles. The third-order valence-electron chi connectivity index (χ3n) is 31.7. The Bertz CT molecular complexity index is 6980. The lowest BCUT2D eigenvalue weighted by Gasteiger charge is -2.43. The average Bonchev–Trinajstić information content (AvgIpc) is 1.66. The number of hydrogen-bond acceptors (Lipinski definition) is 27. The Kier molecular flexibility index (Phi) is 27.6. The molecule has 0 radical (unpaired) electrons. The molecule has 0 amide bonds. The van der Waals surface area contributed by atoms with Gasteiger partial charge in [0.15, 0.2) is 0 Å². The van der Waals surface area contributed by atoms with Crippen LogP contribution >= 0.6 is 58.0 Å². The number of nitrogens with zero attached hydrogens (tertiary/aromatic N) is 20. The molecule has 37 heteroatoms. The molecule has 20 N–H and O–H groups in total. The predicted molar refractivity (Wildman–Crippen MR) is 571 cm³/mol. The molecule has 0 bridgehead atoms. The summed E-state index contributed by atoms with van der Waals surface area (Å²) in [5, 5.41) is 2.33. The lowest BCUT2D eigenvalue weighted by Crippen LogP contribution is -2.50. The van der Waals surface area contributed by atoms with Crippen molar-refractivity contribution in [3.05, 3.63) is 207 Å². The van der Waals surface area contributed by atoms with E-state index in [0.717, 1.165) is 284 Å². The lowest BCUT2D eigenvalue weighted by molar-refractivity contribution is 0.0974. The Morgan fingerprint density at radius 3 is 0.865 bits per heavy atom. The molecule has 22 heterocycles. The van der Waals surface area contributed by atoms with Gasteiger partial charge in [-0.05, 0) is 231 Å². The van der Waals surface area contributed by atoms with E-state index in [4.69, 9.17) is 125 Å². The topological polar surface area (TPSA) is 446 Å². The molecule has 0 aromatic carbocycles. The number of piperidine rings is 5. The van der Waals surface area contributed by atoms with Crippen LogP contribution in [0.2, 0.25) is 25.1 Å². The largest absolute Gasteiger partial charge is 0.382 e. The van der Waals surface area contributed by atoms with E-state index in [1.165, 1.54) is 25.1 Å². The minimum Gasteiger partial charge on any atom is -0.382 e. The Hall–Kier alpha value is -11.6. The molecule has 8 fully saturated rings. The van der Waals surface area contributed by atoms with E-state index < -0.39 is 0 Å². The van der Waals surface area contributed by atoms with Crippen LogP contribution in [-0.4, -0.2) is 193 Å². The predicted octanol–water partition coefficient (Wildman–Crippen LogP) is 17.0. The van der Waals surface area contributed by atoms with Gasteiger partial charge in [-0.3, -0.25) is 22.0 Å². The molecule has 7 saturated heterocycles. The third kappa shape index (κ3) is 18.4. The van der Waals surface area contributed by atoms with Crippen molar-refractivity contribution in [2.45, 2.75) is 169 Å². The Labute approximate surface area is 846 Å². The van der Waals surface area contributed by atoms with Crippen LogP contribution < -0.4 is 81.8 Å². The smallest absolute Gasteiger partial charge is 0.146 e. The second-order valence-electron chi connectivity index (χ2n) is 40.5. The van der Waals surface area contributed by atoms with E-state index in [9.17, 15) is 0 Å². The van der Waals surface area contributed by atoms with Crippen molar-refractivity contribution in [3.63, 3.8) is 0 Å². The van der Waals surface area contributed by atoms with Gasteiger partial charge in [-0.2, -0.15) is 0 Å². The van der Waals surface area contributed by atoms with Crippen molar-refractivity contribution in [3.8, 4) is 55.6 Å². The maximum atomic E-state index is 6.49. The van der Waals surface area contributed by atoms with Crippen molar-refractivity contribution < 1.29 is 9.47 Å². The minimum atomic E-state index is -0.0817. The lowest BCUT2D eigenvalue weighted by atomic mass is 9.73. The summed E-state index contributed by atoms with van der Waals surface area (Å²) in [5.74, 6) is 7.40. The van der Waals surface area contributed by atoms with Crippen LogP contribution in [0.15, 0.2) is 154 Å². The molecule has 15 aromatic rings. The highest BCUT2D eigenvalue weighted by molar-refractivity contribution is 6.38. The average molecular weight is 2010 g/mol. The number of rotatable bonds is 11. The first-order chi connectivity index (χ1) is 67.7. The van der Waals surface area contributed by atoms with Gasteiger partial charge in [0.2, 0.25) is 0 Å². The van der Waals surface area contributed by atoms with E-state index in [0.29, 0.717) is 72.3 Å². The summed E-state index contributed by atoms with van der Waals surface area (Å²) in [6, 6.07) is 21.1. The molecular formula is C104H127Cl5N30O2. The summed E-state index contributed by atoms with van der Waals surface area (Å²) >= 11 is 32.4. The molecule has 23 rings (SSSR count). The fourth-order valence-electron chi connectivity index (χ4n) is 22.8. The standard InChI is InChI=1S/C22H27ClN6O.C22H27ClN6.C21H25ClN6O.C20H25ClN6.C19H23ClN6/c1-13-11-16(28-8-4-22(5-9-28)12-30-14(2)19(22)24)29-10-7-27-21(29)17(13)15-3-6-26-20(25)18(15)23;1-14-13-17(28-10-6-22(7-11-28)5-2-3-16(22)24)29-12-9-27-21(29)18(14)15-4-8-26-20(25)19(15)23;1-13-10-16(27-7-3-21(4-8-27)12-29-11-15(21)23)28-9-6-26-20(28)17(13)14-2-5-25-19(24)18(14)22;1-13-11-15(26-8-4-20(2,12-22)5-9-26)27-10-7-25-19(27)16(13)14-3-6-24-18(23)17(14)21;1-12-11-14(25-8-4-19(2,22)5-9-25)26-10-7-24-18(26)15(12)13-3-6-23-17(21)16(13)20/h3,6-7,10-11,14,19H,4-5,8-9,12,24H2,1-2H3,(H2,25,26);4,8-9,12-13,16H,2-3,5-7,10-11,24H2,1H3,(H2,25,26);2,5-6,9-10,15H,3-4,7-8,11-12,23H2,1H3,(H2,24,25);3,6-7,10-11H,4-5,8-9,12,22H2,1-2H3,(H2,23,24);3,6-7,10-11H,4-5,8-9,22H2,1-2H3,(H2,21,23). The molecule has 15 aromatic heterocycles. The van der Waals surface area contributed by atoms with Crippen molar-refractivity contribution in [2.24, 2.45) is 50.3 Å². The number of ether oxygens (including phenoxy) is 2. The van der Waals surface area contributed by atoms with Crippen molar-refractivity contribution >= 4 is 144 Å². The number of aromatic nitrogens is 15. The summed E-state index contributed by atoms with van der Waals surface area (Å²) in [6.45, 7) is 29.6. The SMILES string of the molecule is Cc1cc(N2CCC(C)(CN)CC2)n2ccnc2c1-c1ccnc(N)c1Cl.Cc1cc(N2CCC(C)(N)CC2)n2ccnc2c1-c1ccnc(N)c1Cl.Cc1cc(N2CCC3(CC2)COC(C)C3N)n2ccnc2c1-c1ccnc(N)c1Cl.Cc1cc(N2CCC3(CC2)COCC3N)n2ccnc2c1-c1ccnc(N)c1Cl.Cc1cc(N2CCC3(CCCC3N)CC2)n2ccnc2c1-c1ccnc(N)c1Cl. The molecule has 8 aliphatic rings. The number of nitrogens with two attached hydrogens (primary N) is 10. The number of aryl methyl sites for hydroxylation is 5. The zero-order chi connectivity index (χ0) is 99.0. The summed E-state index contributed by atoms with van der Waals surface area (Å²) in [4.78, 5) is 55.7. The Balaban J connectivity index is 0.000000112. The Morgan fingerprint density at radius 1 is 0.348 bits per heavy atom. The second kappa shape index (κ2) is 39.6. The molecular weight excluding hydrogens is 1880 g/mol. The second-order valence-corrected chi connectivity index (χ2v) is 42.4. The van der Waals surface area contributed by atoms with Crippen LogP contribution in [0.3, 0.4) is 0 Å². The van der Waals surface area contributed by atoms with E-state index in [-0.39, 0.29) is 40.0 Å². The van der Waals surface area contributed by atoms with Gasteiger partial charge in [0.1, 0.15) is 86.4 Å². The minimum absolute atomic E-state index is 0.0817. The summed E-state index contributed by atoms with van der Waals surface area (Å²) in [6.07, 6.45) is 42.0. The number of imidazole rings is 5. The van der Waals surface area contributed by atoms with Crippen molar-refractivity contribution in [2.75, 3.05) is 145 Å². The maximum absolute atomic E-state index is 6.49. The molecule has 3 spiro atoms. The fourth-order valence-corrected chi connectivity index (χ4v) is 23.8. The molecule has 1 aliphatic carbocycles. The van der Waals surface area contributed by atoms with Crippen LogP contribution in [-0.2, 0) is 9.47 Å². The zero-order valence-electron chi connectivity index (χ0n) is 81.3. The van der Waals surface area contributed by atoms with Gasteiger partial charge in [0.25, 0.3) is 0 Å². The van der Waals surface area contributed by atoms with Crippen LogP contribution in [0, 0.1) is 56.3 Å². The number of halogens is 5. The molecule has 4 atom stereocenters. The van der Waals surface area contributed by atoms with Gasteiger partial charge in [0.05, 0.1) is 51.0 Å².